The fourth-order valence-electron chi connectivity index (χ4n) is 2.98. The van der Waals surface area contributed by atoms with Crippen molar-refractivity contribution in [3.8, 4) is 0 Å². The van der Waals surface area contributed by atoms with Crippen LogP contribution in [0.2, 0.25) is 0 Å². The number of urea groups is 1. The van der Waals surface area contributed by atoms with Gasteiger partial charge in [-0.1, -0.05) is 28.1 Å². The molecule has 27 heavy (non-hydrogen) atoms. The maximum absolute atomic E-state index is 13.9. The van der Waals surface area contributed by atoms with Gasteiger partial charge in [-0.3, -0.25) is 4.79 Å². The van der Waals surface area contributed by atoms with Crippen LogP contribution in [0, 0.1) is 11.6 Å². The minimum absolute atomic E-state index is 0.174. The molecule has 5 nitrogen and oxygen atoms in total. The van der Waals surface area contributed by atoms with E-state index in [1.54, 1.807) is 19.9 Å². The molecule has 2 aromatic rings. The minimum atomic E-state index is -0.781. The van der Waals surface area contributed by atoms with Crippen LogP contribution in [0.15, 0.2) is 40.9 Å². The third kappa shape index (κ3) is 3.95. The van der Waals surface area contributed by atoms with E-state index in [2.05, 4.69) is 26.6 Å². The first-order valence-electron chi connectivity index (χ1n) is 8.38. The number of amides is 3. The smallest absolute Gasteiger partial charge is 0.322 e. The first-order valence-corrected chi connectivity index (χ1v) is 9.17. The van der Waals surface area contributed by atoms with Crippen molar-refractivity contribution in [2.75, 3.05) is 5.32 Å². The number of carbonyl (C=O) groups excluding carboxylic acids is 2. The first-order chi connectivity index (χ1) is 12.8. The number of hydrogen-bond donors (Lipinski definition) is 2. The highest BCUT2D eigenvalue weighted by molar-refractivity contribution is 9.10. The topological polar surface area (TPSA) is 61.4 Å². The number of nitrogens with zero attached hydrogens (tertiary/aromatic N) is 1. The molecule has 1 aliphatic heterocycles. The summed E-state index contributed by atoms with van der Waals surface area (Å²) in [4.78, 5) is 26.4. The van der Waals surface area contributed by atoms with E-state index in [0.29, 0.717) is 5.69 Å². The van der Waals surface area contributed by atoms with Crippen LogP contribution >= 0.6 is 15.9 Å². The number of halogens is 3. The van der Waals surface area contributed by atoms with Crippen molar-refractivity contribution in [3.05, 3.63) is 63.6 Å². The maximum Gasteiger partial charge on any atom is 0.322 e. The standard InChI is InChI=1S/C19H18BrF2N3O2/c1-10(13-7-6-12(21)8-16(13)22)23-18(26)11(2)25-9-14-15(20)4-3-5-17(14)24-19(25)27/h3-8,10-11H,9H2,1-2H3,(H,23,26)(H,24,27)/t10-,11+/m0/s1. The lowest BCUT2D eigenvalue weighted by molar-refractivity contribution is -0.125. The molecule has 0 aliphatic carbocycles. The summed E-state index contributed by atoms with van der Waals surface area (Å²) in [6.45, 7) is 3.46. The van der Waals surface area contributed by atoms with Crippen molar-refractivity contribution in [3.63, 3.8) is 0 Å². The summed E-state index contributed by atoms with van der Waals surface area (Å²) in [5, 5.41) is 5.44. The van der Waals surface area contributed by atoms with Crippen LogP contribution in [0.1, 0.15) is 31.0 Å². The zero-order chi connectivity index (χ0) is 19.7. The van der Waals surface area contributed by atoms with Gasteiger partial charge in [-0.05, 0) is 32.0 Å². The van der Waals surface area contributed by atoms with Crippen molar-refractivity contribution in [2.45, 2.75) is 32.5 Å². The van der Waals surface area contributed by atoms with Gasteiger partial charge in [0.25, 0.3) is 0 Å². The third-order valence-electron chi connectivity index (χ3n) is 4.58. The molecule has 0 radical (unpaired) electrons. The Labute approximate surface area is 163 Å². The van der Waals surface area contributed by atoms with Crippen LogP contribution in [0.5, 0.6) is 0 Å². The summed E-state index contributed by atoms with van der Waals surface area (Å²) < 4.78 is 27.8. The molecule has 8 heteroatoms. The van der Waals surface area contributed by atoms with Crippen LogP contribution in [-0.2, 0) is 11.3 Å². The van der Waals surface area contributed by atoms with Gasteiger partial charge in [-0.2, -0.15) is 0 Å². The van der Waals surface area contributed by atoms with Gasteiger partial charge in [-0.25, -0.2) is 13.6 Å². The summed E-state index contributed by atoms with van der Waals surface area (Å²) in [6, 6.07) is 6.82. The summed E-state index contributed by atoms with van der Waals surface area (Å²) >= 11 is 3.45. The van der Waals surface area contributed by atoms with Crippen LogP contribution in [-0.4, -0.2) is 22.9 Å². The van der Waals surface area contributed by atoms with E-state index in [4.69, 9.17) is 0 Å². The summed E-state index contributed by atoms with van der Waals surface area (Å²) in [7, 11) is 0. The van der Waals surface area contributed by atoms with E-state index in [1.165, 1.54) is 11.0 Å². The highest BCUT2D eigenvalue weighted by Crippen LogP contribution is 2.31. The van der Waals surface area contributed by atoms with Crippen molar-refractivity contribution in [2.24, 2.45) is 0 Å². The van der Waals surface area contributed by atoms with E-state index in [0.717, 1.165) is 22.2 Å². The predicted octanol–water partition coefficient (Wildman–Crippen LogP) is 4.34. The lowest BCUT2D eigenvalue weighted by Crippen LogP contribution is -2.51. The van der Waals surface area contributed by atoms with Crippen molar-refractivity contribution < 1.29 is 18.4 Å². The second-order valence-corrected chi connectivity index (χ2v) is 7.25. The number of hydrogen-bond acceptors (Lipinski definition) is 2. The Morgan fingerprint density at radius 1 is 1.26 bits per heavy atom. The van der Waals surface area contributed by atoms with E-state index in [9.17, 15) is 18.4 Å². The number of rotatable bonds is 4. The van der Waals surface area contributed by atoms with Gasteiger partial charge in [0.1, 0.15) is 17.7 Å². The zero-order valence-electron chi connectivity index (χ0n) is 14.7. The van der Waals surface area contributed by atoms with Crippen LogP contribution in [0.3, 0.4) is 0 Å². The molecule has 0 bridgehead atoms. The molecule has 0 unspecified atom stereocenters. The molecule has 1 heterocycles. The summed E-state index contributed by atoms with van der Waals surface area (Å²) in [5.41, 5.74) is 1.74. The SMILES string of the molecule is C[C@H](NC(=O)[C@@H](C)N1Cc2c(Br)cccc2NC1=O)c1ccc(F)cc1F. The van der Waals surface area contributed by atoms with Crippen LogP contribution < -0.4 is 10.6 Å². The first kappa shape index (κ1) is 19.3. The van der Waals surface area contributed by atoms with E-state index in [1.807, 2.05) is 12.1 Å². The number of nitrogens with one attached hydrogen (secondary N) is 2. The lowest BCUT2D eigenvalue weighted by Gasteiger charge is -2.34. The number of fused-ring (bicyclic) bond motifs is 1. The third-order valence-corrected chi connectivity index (χ3v) is 5.33. The van der Waals surface area contributed by atoms with Gasteiger partial charge in [0, 0.05) is 27.4 Å². The molecule has 3 rings (SSSR count). The van der Waals surface area contributed by atoms with Crippen LogP contribution in [0.4, 0.5) is 19.3 Å². The van der Waals surface area contributed by atoms with Crippen molar-refractivity contribution in [1.82, 2.24) is 10.2 Å². The molecule has 3 amide bonds. The lowest BCUT2D eigenvalue weighted by atomic mass is 10.1. The molecule has 0 saturated carbocycles. The van der Waals surface area contributed by atoms with Gasteiger partial charge in [0.05, 0.1) is 12.6 Å². The van der Waals surface area contributed by atoms with Gasteiger partial charge in [-0.15, -0.1) is 0 Å². The monoisotopic (exact) mass is 437 g/mol. The van der Waals surface area contributed by atoms with Crippen molar-refractivity contribution in [1.29, 1.82) is 0 Å². The van der Waals surface area contributed by atoms with Crippen molar-refractivity contribution >= 4 is 33.6 Å². The fraction of sp³-hybridized carbons (Fsp3) is 0.263. The molecule has 142 valence electrons. The Kier molecular flexibility index (Phi) is 5.46. The van der Waals surface area contributed by atoms with Crippen LogP contribution in [0.25, 0.3) is 0 Å². The predicted molar refractivity (Wildman–Crippen MR) is 101 cm³/mol. The summed E-state index contributed by atoms with van der Waals surface area (Å²) in [5.74, 6) is -1.85. The average Bonchev–Trinajstić information content (AvgIpc) is 2.60. The van der Waals surface area contributed by atoms with Gasteiger partial charge in [0.2, 0.25) is 5.91 Å². The molecule has 0 aromatic heterocycles. The Hall–Kier alpha value is -2.48. The van der Waals surface area contributed by atoms with E-state index < -0.39 is 29.6 Å². The van der Waals surface area contributed by atoms with Gasteiger partial charge >= 0.3 is 6.03 Å². The fourth-order valence-corrected chi connectivity index (χ4v) is 3.48. The molecule has 0 spiro atoms. The molecule has 2 N–H and O–H groups in total. The minimum Gasteiger partial charge on any atom is -0.348 e. The number of carbonyl (C=O) groups is 2. The molecular weight excluding hydrogens is 420 g/mol. The second kappa shape index (κ2) is 7.64. The Morgan fingerprint density at radius 2 is 2.00 bits per heavy atom. The quantitative estimate of drug-likeness (QED) is 0.746. The molecule has 0 fully saturated rings. The second-order valence-electron chi connectivity index (χ2n) is 6.40. The van der Waals surface area contributed by atoms with Gasteiger partial charge < -0.3 is 15.5 Å². The molecule has 1 aliphatic rings. The normalized spacial score (nSPS) is 15.6. The number of benzene rings is 2. The molecular formula is C19H18BrF2N3O2. The molecule has 2 aromatic carbocycles. The molecule has 0 saturated heterocycles. The van der Waals surface area contributed by atoms with E-state index in [-0.39, 0.29) is 18.1 Å². The summed E-state index contributed by atoms with van der Waals surface area (Å²) in [6.07, 6.45) is 0. The highest BCUT2D eigenvalue weighted by Gasteiger charge is 2.32. The molecule has 2 atom stereocenters. The number of anilines is 1. The Bertz CT molecular complexity index is 907. The average molecular weight is 438 g/mol. The maximum atomic E-state index is 13.9. The van der Waals surface area contributed by atoms with Gasteiger partial charge in [0.15, 0.2) is 0 Å². The highest BCUT2D eigenvalue weighted by atomic mass is 79.9. The zero-order valence-corrected chi connectivity index (χ0v) is 16.3. The van der Waals surface area contributed by atoms with E-state index >= 15 is 0 Å². The Balaban J connectivity index is 1.73. The Morgan fingerprint density at radius 3 is 2.70 bits per heavy atom. The largest absolute Gasteiger partial charge is 0.348 e.